The van der Waals surface area contributed by atoms with Crippen molar-refractivity contribution in [3.63, 3.8) is 0 Å². The van der Waals surface area contributed by atoms with Crippen LogP contribution in [0.5, 0.6) is 0 Å². The zero-order valence-electron chi connectivity index (χ0n) is 12.6. The lowest BCUT2D eigenvalue weighted by atomic mass is 10.4. The normalized spacial score (nSPS) is 10.6. The lowest BCUT2D eigenvalue weighted by Gasteiger charge is -2.16. The van der Waals surface area contributed by atoms with Gasteiger partial charge in [0.1, 0.15) is 10.7 Å². The SMILES string of the molecule is CCN(CC)c1nc(N)c(C(=O)NCCSCCCO)s1. The molecule has 1 aromatic heterocycles. The van der Waals surface area contributed by atoms with Gasteiger partial charge >= 0.3 is 0 Å². The number of amides is 1. The molecule has 1 rings (SSSR count). The topological polar surface area (TPSA) is 91.5 Å². The van der Waals surface area contributed by atoms with Crippen molar-refractivity contribution < 1.29 is 9.90 Å². The number of nitrogens with two attached hydrogens (primary N) is 1. The summed E-state index contributed by atoms with van der Waals surface area (Å²) in [7, 11) is 0. The lowest BCUT2D eigenvalue weighted by Crippen LogP contribution is -2.25. The zero-order chi connectivity index (χ0) is 15.7. The largest absolute Gasteiger partial charge is 0.396 e. The Morgan fingerprint density at radius 3 is 2.76 bits per heavy atom. The predicted octanol–water partition coefficient (Wildman–Crippen LogP) is 1.42. The summed E-state index contributed by atoms with van der Waals surface area (Å²) in [5, 5.41) is 12.3. The van der Waals surface area contributed by atoms with Crippen LogP contribution in [0.3, 0.4) is 0 Å². The Morgan fingerprint density at radius 2 is 2.14 bits per heavy atom. The Kier molecular flexibility index (Phi) is 8.48. The second kappa shape index (κ2) is 9.86. The van der Waals surface area contributed by atoms with E-state index in [9.17, 15) is 4.79 Å². The van der Waals surface area contributed by atoms with Gasteiger partial charge in [-0.05, 0) is 26.0 Å². The number of aliphatic hydroxyl groups is 1. The van der Waals surface area contributed by atoms with Gasteiger partial charge in [0.25, 0.3) is 5.91 Å². The Balaban J connectivity index is 2.47. The molecule has 0 radical (unpaired) electrons. The summed E-state index contributed by atoms with van der Waals surface area (Å²) in [6.07, 6.45) is 0.785. The number of carbonyl (C=O) groups is 1. The van der Waals surface area contributed by atoms with Gasteiger partial charge in [0, 0.05) is 32.0 Å². The number of hydrogen-bond acceptors (Lipinski definition) is 7. The molecule has 8 heteroatoms. The van der Waals surface area contributed by atoms with E-state index in [1.807, 2.05) is 13.8 Å². The quantitative estimate of drug-likeness (QED) is 0.561. The molecule has 0 aliphatic carbocycles. The minimum atomic E-state index is -0.161. The molecular weight excluding hydrogens is 308 g/mol. The Hall–Kier alpha value is -0.990. The number of carbonyl (C=O) groups excluding carboxylic acids is 1. The first kappa shape index (κ1) is 18.1. The standard InChI is InChI=1S/C13H24N4O2S2/c1-3-17(4-2)13-16-11(14)10(21-13)12(19)15-6-9-20-8-5-7-18/h18H,3-9,14H2,1-2H3,(H,15,19). The van der Waals surface area contributed by atoms with Crippen LogP contribution in [0.1, 0.15) is 29.9 Å². The summed E-state index contributed by atoms with van der Waals surface area (Å²) in [6.45, 7) is 6.57. The first-order valence-electron chi connectivity index (χ1n) is 7.12. The highest BCUT2D eigenvalue weighted by Gasteiger charge is 2.18. The van der Waals surface area contributed by atoms with Crippen molar-refractivity contribution in [3.8, 4) is 0 Å². The van der Waals surface area contributed by atoms with Gasteiger partial charge in [0.05, 0.1) is 0 Å². The van der Waals surface area contributed by atoms with Gasteiger partial charge in [0.15, 0.2) is 5.13 Å². The summed E-state index contributed by atoms with van der Waals surface area (Å²) in [4.78, 5) is 18.9. The van der Waals surface area contributed by atoms with Gasteiger partial charge in [-0.25, -0.2) is 4.98 Å². The molecule has 1 amide bonds. The second-order valence-corrected chi connectivity index (χ2v) is 6.53. The zero-order valence-corrected chi connectivity index (χ0v) is 14.2. The number of rotatable bonds is 10. The smallest absolute Gasteiger partial charge is 0.265 e. The molecule has 0 atom stereocenters. The maximum atomic E-state index is 12.1. The van der Waals surface area contributed by atoms with E-state index in [-0.39, 0.29) is 12.5 Å². The highest BCUT2D eigenvalue weighted by Crippen LogP contribution is 2.27. The van der Waals surface area contributed by atoms with Gasteiger partial charge in [-0.1, -0.05) is 11.3 Å². The van der Waals surface area contributed by atoms with Crippen molar-refractivity contribution in [3.05, 3.63) is 4.88 Å². The van der Waals surface area contributed by atoms with Gasteiger partial charge in [-0.15, -0.1) is 0 Å². The molecule has 0 unspecified atom stereocenters. The van der Waals surface area contributed by atoms with E-state index in [0.717, 1.165) is 36.1 Å². The lowest BCUT2D eigenvalue weighted by molar-refractivity contribution is 0.0961. The fraction of sp³-hybridized carbons (Fsp3) is 0.692. The average molecular weight is 332 g/mol. The van der Waals surface area contributed by atoms with Crippen molar-refractivity contribution in [2.45, 2.75) is 20.3 Å². The summed E-state index contributed by atoms with van der Waals surface area (Å²) in [5.41, 5.74) is 5.84. The molecule has 0 saturated heterocycles. The molecule has 0 bridgehead atoms. The number of thiazole rings is 1. The second-order valence-electron chi connectivity index (χ2n) is 4.33. The number of anilines is 2. The van der Waals surface area contributed by atoms with Crippen LogP contribution in [-0.4, -0.2) is 53.7 Å². The van der Waals surface area contributed by atoms with E-state index in [1.165, 1.54) is 11.3 Å². The number of nitrogens with zero attached hydrogens (tertiary/aromatic N) is 2. The number of aromatic nitrogens is 1. The average Bonchev–Trinajstić information content (AvgIpc) is 2.86. The Morgan fingerprint density at radius 1 is 1.43 bits per heavy atom. The summed E-state index contributed by atoms with van der Waals surface area (Å²) in [5.74, 6) is 1.87. The molecule has 0 saturated carbocycles. The maximum Gasteiger partial charge on any atom is 0.265 e. The molecule has 0 spiro atoms. The molecule has 0 aliphatic rings. The van der Waals surface area contributed by atoms with Crippen molar-refractivity contribution in [2.75, 3.05) is 48.4 Å². The Labute approximate surface area is 134 Å². The van der Waals surface area contributed by atoms with Crippen LogP contribution in [-0.2, 0) is 0 Å². The van der Waals surface area contributed by atoms with Gasteiger partial charge in [0.2, 0.25) is 0 Å². The summed E-state index contributed by atoms with van der Waals surface area (Å²) >= 11 is 3.04. The minimum absolute atomic E-state index is 0.161. The fourth-order valence-electron chi connectivity index (χ4n) is 1.70. The van der Waals surface area contributed by atoms with Crippen molar-refractivity contribution in [1.82, 2.24) is 10.3 Å². The molecule has 1 aromatic rings. The summed E-state index contributed by atoms with van der Waals surface area (Å²) in [6, 6.07) is 0. The van der Waals surface area contributed by atoms with E-state index < -0.39 is 0 Å². The third-order valence-electron chi connectivity index (χ3n) is 2.86. The highest BCUT2D eigenvalue weighted by molar-refractivity contribution is 7.99. The number of hydrogen-bond donors (Lipinski definition) is 3. The fourth-order valence-corrected chi connectivity index (χ4v) is 3.51. The number of nitrogen functional groups attached to an aromatic ring is 1. The van der Waals surface area contributed by atoms with Crippen LogP contribution >= 0.6 is 23.1 Å². The molecule has 6 nitrogen and oxygen atoms in total. The van der Waals surface area contributed by atoms with Crippen LogP contribution in [0, 0.1) is 0 Å². The van der Waals surface area contributed by atoms with Gasteiger partial charge < -0.3 is 21.1 Å². The molecule has 4 N–H and O–H groups in total. The predicted molar refractivity (Wildman–Crippen MR) is 91.4 cm³/mol. The van der Waals surface area contributed by atoms with E-state index in [1.54, 1.807) is 11.8 Å². The van der Waals surface area contributed by atoms with Crippen molar-refractivity contribution >= 4 is 40.0 Å². The number of nitrogens with one attached hydrogen (secondary N) is 1. The summed E-state index contributed by atoms with van der Waals surface area (Å²) < 4.78 is 0. The molecule has 1 heterocycles. The van der Waals surface area contributed by atoms with E-state index in [4.69, 9.17) is 10.8 Å². The van der Waals surface area contributed by atoms with Gasteiger partial charge in [-0.2, -0.15) is 11.8 Å². The van der Waals surface area contributed by atoms with Crippen LogP contribution in [0.4, 0.5) is 10.9 Å². The monoisotopic (exact) mass is 332 g/mol. The van der Waals surface area contributed by atoms with E-state index in [2.05, 4.69) is 15.2 Å². The van der Waals surface area contributed by atoms with Crippen molar-refractivity contribution in [1.29, 1.82) is 0 Å². The van der Waals surface area contributed by atoms with Crippen LogP contribution < -0.4 is 16.0 Å². The van der Waals surface area contributed by atoms with Crippen LogP contribution in [0.25, 0.3) is 0 Å². The molecular formula is C13H24N4O2S2. The molecule has 120 valence electrons. The number of thioether (sulfide) groups is 1. The van der Waals surface area contributed by atoms with Crippen LogP contribution in [0.15, 0.2) is 0 Å². The minimum Gasteiger partial charge on any atom is -0.396 e. The third kappa shape index (κ3) is 5.72. The Bertz CT molecular complexity index is 436. The molecule has 21 heavy (non-hydrogen) atoms. The first-order valence-corrected chi connectivity index (χ1v) is 9.09. The van der Waals surface area contributed by atoms with Crippen LogP contribution in [0.2, 0.25) is 0 Å². The first-order chi connectivity index (χ1) is 10.1. The van der Waals surface area contributed by atoms with Gasteiger partial charge in [-0.3, -0.25) is 4.79 Å². The van der Waals surface area contributed by atoms with Crippen molar-refractivity contribution in [2.24, 2.45) is 0 Å². The van der Waals surface area contributed by atoms with E-state index >= 15 is 0 Å². The maximum absolute atomic E-state index is 12.1. The molecule has 0 aliphatic heterocycles. The highest BCUT2D eigenvalue weighted by atomic mass is 32.2. The number of aliphatic hydroxyl groups excluding tert-OH is 1. The molecule has 0 aromatic carbocycles. The third-order valence-corrected chi connectivity index (χ3v) is 5.06. The molecule has 0 fully saturated rings. The van der Waals surface area contributed by atoms with E-state index in [0.29, 0.717) is 17.2 Å².